The summed E-state index contributed by atoms with van der Waals surface area (Å²) in [5.74, 6) is 0.0615. The highest BCUT2D eigenvalue weighted by Gasteiger charge is 2.39. The Labute approximate surface area is 240 Å². The standard InChI is InChI=1S/C31H32F3N5O3/c32-31(33,34)22-7-4-8-23(17-22)39-14-10-25-27(39)36-20-38(29(25)41)19-30(42)11-15-37(16-12-30)28(40)24-9-13-35-18-26(24)21-5-2-1-3-6-21/h1-8,10,14,17,20,24,26,35,42H,9,11-13,15-16,18-19H2/t24-,26+/m1/s1. The molecule has 0 spiro atoms. The number of hydrogen-bond acceptors (Lipinski definition) is 5. The number of nitrogens with zero attached hydrogens (tertiary/aromatic N) is 4. The third kappa shape index (κ3) is 5.46. The van der Waals surface area contributed by atoms with Gasteiger partial charge in [0, 0.05) is 43.4 Å². The molecule has 6 rings (SSSR count). The van der Waals surface area contributed by atoms with Gasteiger partial charge in [0.2, 0.25) is 5.91 Å². The van der Waals surface area contributed by atoms with Gasteiger partial charge in [-0.1, -0.05) is 36.4 Å². The number of rotatable bonds is 5. The van der Waals surface area contributed by atoms with Crippen molar-refractivity contribution >= 4 is 16.9 Å². The molecule has 4 aromatic rings. The summed E-state index contributed by atoms with van der Waals surface area (Å²) in [6.45, 7) is 2.30. The molecular weight excluding hydrogens is 547 g/mol. The number of likely N-dealkylation sites (tertiary alicyclic amines) is 1. The van der Waals surface area contributed by atoms with E-state index in [1.807, 2.05) is 23.1 Å². The fourth-order valence-electron chi connectivity index (χ4n) is 6.26. The molecule has 2 aliphatic heterocycles. The van der Waals surface area contributed by atoms with E-state index in [2.05, 4.69) is 22.4 Å². The summed E-state index contributed by atoms with van der Waals surface area (Å²) < 4.78 is 42.5. The quantitative estimate of drug-likeness (QED) is 0.374. The number of carbonyl (C=O) groups excluding carboxylic acids is 1. The zero-order valence-electron chi connectivity index (χ0n) is 22.9. The smallest absolute Gasteiger partial charge is 0.388 e. The van der Waals surface area contributed by atoms with E-state index >= 15 is 0 Å². The van der Waals surface area contributed by atoms with Gasteiger partial charge >= 0.3 is 6.18 Å². The Morgan fingerprint density at radius 1 is 1.07 bits per heavy atom. The van der Waals surface area contributed by atoms with Crippen LogP contribution in [0.2, 0.25) is 0 Å². The number of hydrogen-bond donors (Lipinski definition) is 2. The van der Waals surface area contributed by atoms with Crippen molar-refractivity contribution in [1.29, 1.82) is 0 Å². The minimum Gasteiger partial charge on any atom is -0.388 e. The number of aromatic nitrogens is 3. The van der Waals surface area contributed by atoms with Gasteiger partial charge < -0.3 is 19.9 Å². The molecule has 2 atom stereocenters. The highest BCUT2D eigenvalue weighted by atomic mass is 19.4. The van der Waals surface area contributed by atoms with E-state index in [0.29, 0.717) is 25.9 Å². The second kappa shape index (κ2) is 11.0. The maximum Gasteiger partial charge on any atom is 0.416 e. The van der Waals surface area contributed by atoms with Gasteiger partial charge in [-0.2, -0.15) is 13.2 Å². The highest BCUT2D eigenvalue weighted by molar-refractivity contribution is 5.80. The van der Waals surface area contributed by atoms with Crippen LogP contribution in [0.4, 0.5) is 13.2 Å². The largest absolute Gasteiger partial charge is 0.416 e. The molecular formula is C31H32F3N5O3. The first-order valence-electron chi connectivity index (χ1n) is 14.1. The Morgan fingerprint density at radius 3 is 2.57 bits per heavy atom. The second-order valence-electron chi connectivity index (χ2n) is 11.3. The lowest BCUT2D eigenvalue weighted by atomic mass is 9.80. The SMILES string of the molecule is O=C([C@@H]1CCNC[C@H]1c1ccccc1)N1CCC(O)(Cn2cnc3c(ccn3-c3cccc(C(F)(F)F)c3)c2=O)CC1. The van der Waals surface area contributed by atoms with E-state index in [9.17, 15) is 27.9 Å². The summed E-state index contributed by atoms with van der Waals surface area (Å²) in [6.07, 6.45) is -0.276. The molecule has 0 aliphatic carbocycles. The summed E-state index contributed by atoms with van der Waals surface area (Å²) in [6, 6.07) is 16.4. The predicted octanol–water partition coefficient (Wildman–Crippen LogP) is 3.95. The number of halogens is 3. The topological polar surface area (TPSA) is 92.4 Å². The number of piperidine rings is 2. The van der Waals surface area contributed by atoms with Crippen molar-refractivity contribution in [2.45, 2.75) is 43.5 Å². The van der Waals surface area contributed by atoms with Crippen LogP contribution in [0.3, 0.4) is 0 Å². The van der Waals surface area contributed by atoms with Crippen molar-refractivity contribution in [1.82, 2.24) is 24.3 Å². The predicted molar refractivity (Wildman–Crippen MR) is 151 cm³/mol. The number of benzene rings is 2. The van der Waals surface area contributed by atoms with Crippen LogP contribution < -0.4 is 10.9 Å². The fraction of sp³-hybridized carbons (Fsp3) is 0.387. The first-order valence-corrected chi connectivity index (χ1v) is 14.1. The molecule has 0 radical (unpaired) electrons. The van der Waals surface area contributed by atoms with Crippen molar-refractivity contribution in [3.63, 3.8) is 0 Å². The molecule has 220 valence electrons. The van der Waals surface area contributed by atoms with Crippen molar-refractivity contribution in [2.75, 3.05) is 26.2 Å². The lowest BCUT2D eigenvalue weighted by Gasteiger charge is -2.41. The number of fused-ring (bicyclic) bond motifs is 1. The van der Waals surface area contributed by atoms with Gasteiger partial charge in [0.05, 0.1) is 23.1 Å². The Balaban J connectivity index is 1.16. The molecule has 11 heteroatoms. The van der Waals surface area contributed by atoms with E-state index in [0.717, 1.165) is 37.2 Å². The van der Waals surface area contributed by atoms with Crippen LogP contribution in [0.1, 0.15) is 36.3 Å². The van der Waals surface area contributed by atoms with Gasteiger partial charge in [-0.15, -0.1) is 0 Å². The van der Waals surface area contributed by atoms with Crippen LogP contribution >= 0.6 is 0 Å². The Kier molecular flexibility index (Phi) is 7.40. The monoisotopic (exact) mass is 579 g/mol. The van der Waals surface area contributed by atoms with Crippen molar-refractivity contribution < 1.29 is 23.1 Å². The number of alkyl halides is 3. The van der Waals surface area contributed by atoms with Crippen LogP contribution in [0.25, 0.3) is 16.7 Å². The van der Waals surface area contributed by atoms with Gasteiger partial charge in [-0.25, -0.2) is 4.98 Å². The summed E-state index contributed by atoms with van der Waals surface area (Å²) in [7, 11) is 0. The average Bonchev–Trinajstić information content (AvgIpc) is 3.44. The lowest BCUT2D eigenvalue weighted by molar-refractivity contribution is -0.141. The van der Waals surface area contributed by atoms with Gasteiger partial charge in [0.15, 0.2) is 5.65 Å². The van der Waals surface area contributed by atoms with E-state index < -0.39 is 22.9 Å². The minimum atomic E-state index is -4.49. The van der Waals surface area contributed by atoms with E-state index in [-0.39, 0.29) is 41.0 Å². The molecule has 0 saturated carbocycles. The first kappa shape index (κ1) is 28.2. The number of carbonyl (C=O) groups is 1. The lowest BCUT2D eigenvalue weighted by Crippen LogP contribution is -2.52. The summed E-state index contributed by atoms with van der Waals surface area (Å²) in [5, 5.41) is 15.0. The van der Waals surface area contributed by atoms with E-state index in [1.165, 1.54) is 39.9 Å². The Hall–Kier alpha value is -3.96. The number of aliphatic hydroxyl groups is 1. The van der Waals surface area contributed by atoms with Crippen LogP contribution in [-0.4, -0.2) is 61.8 Å². The van der Waals surface area contributed by atoms with Gasteiger partial charge in [-0.05, 0) is 55.6 Å². The summed E-state index contributed by atoms with van der Waals surface area (Å²) in [5.41, 5.74) is -0.773. The molecule has 2 aliphatic rings. The molecule has 42 heavy (non-hydrogen) atoms. The van der Waals surface area contributed by atoms with Gasteiger partial charge in [0.25, 0.3) is 5.56 Å². The van der Waals surface area contributed by atoms with Crippen molar-refractivity contribution in [3.05, 3.63) is 94.7 Å². The Bertz CT molecular complexity index is 1640. The summed E-state index contributed by atoms with van der Waals surface area (Å²) in [4.78, 5) is 33.1. The normalized spacial score (nSPS) is 21.0. The Morgan fingerprint density at radius 2 is 1.83 bits per heavy atom. The molecule has 0 unspecified atom stereocenters. The van der Waals surface area contributed by atoms with Crippen molar-refractivity contribution in [2.24, 2.45) is 5.92 Å². The molecule has 2 aromatic heterocycles. The maximum absolute atomic E-state index is 13.6. The molecule has 2 fully saturated rings. The molecule has 4 heterocycles. The zero-order chi connectivity index (χ0) is 29.5. The van der Waals surface area contributed by atoms with Gasteiger partial charge in [-0.3, -0.25) is 14.2 Å². The molecule has 2 saturated heterocycles. The number of nitrogens with one attached hydrogen (secondary N) is 1. The average molecular weight is 580 g/mol. The van der Waals surface area contributed by atoms with Crippen LogP contribution in [0.5, 0.6) is 0 Å². The zero-order valence-corrected chi connectivity index (χ0v) is 22.9. The molecule has 1 amide bonds. The molecule has 0 bridgehead atoms. The van der Waals surface area contributed by atoms with E-state index in [1.54, 1.807) is 0 Å². The van der Waals surface area contributed by atoms with Crippen LogP contribution in [0, 0.1) is 5.92 Å². The van der Waals surface area contributed by atoms with Crippen LogP contribution in [-0.2, 0) is 17.5 Å². The minimum absolute atomic E-state index is 0.00549. The third-order valence-electron chi connectivity index (χ3n) is 8.62. The molecule has 2 aromatic carbocycles. The maximum atomic E-state index is 13.6. The van der Waals surface area contributed by atoms with Crippen molar-refractivity contribution in [3.8, 4) is 5.69 Å². The fourth-order valence-corrected chi connectivity index (χ4v) is 6.26. The number of amides is 1. The second-order valence-corrected chi connectivity index (χ2v) is 11.3. The highest BCUT2D eigenvalue weighted by Crippen LogP contribution is 2.34. The van der Waals surface area contributed by atoms with E-state index in [4.69, 9.17) is 0 Å². The van der Waals surface area contributed by atoms with Gasteiger partial charge in [0.1, 0.15) is 6.33 Å². The first-order chi connectivity index (χ1) is 20.1. The van der Waals surface area contributed by atoms with Crippen LogP contribution in [0.15, 0.2) is 78.0 Å². The molecule has 8 nitrogen and oxygen atoms in total. The summed E-state index contributed by atoms with van der Waals surface area (Å²) >= 11 is 0. The molecule has 2 N–H and O–H groups in total. The third-order valence-corrected chi connectivity index (χ3v) is 8.62.